The van der Waals surface area contributed by atoms with Crippen molar-refractivity contribution in [3.8, 4) is 0 Å². The Morgan fingerprint density at radius 3 is 2.61 bits per heavy atom. The topological polar surface area (TPSA) is 68.3 Å². The van der Waals surface area contributed by atoms with E-state index in [4.69, 9.17) is 4.74 Å². The molecule has 23 heavy (non-hydrogen) atoms. The minimum atomic E-state index is -0.556. The van der Waals surface area contributed by atoms with Crippen LogP contribution in [0.15, 0.2) is 54.9 Å². The van der Waals surface area contributed by atoms with E-state index in [1.165, 1.54) is 6.20 Å². The first-order valence-corrected chi connectivity index (χ1v) is 7.62. The molecule has 0 fully saturated rings. The lowest BCUT2D eigenvalue weighted by atomic mass is 10.0. The number of nitrogens with one attached hydrogen (secondary N) is 1. The van der Waals surface area contributed by atoms with Gasteiger partial charge in [0.05, 0.1) is 11.6 Å². The van der Waals surface area contributed by atoms with Gasteiger partial charge in [-0.15, -0.1) is 0 Å². The van der Waals surface area contributed by atoms with Gasteiger partial charge in [0.2, 0.25) is 0 Å². The van der Waals surface area contributed by atoms with Crippen molar-refractivity contribution in [1.82, 2.24) is 10.3 Å². The SMILES string of the molecule is CCC[C@@H](NC(=O)COC(=O)c1cccnc1)c1ccccc1. The molecule has 0 saturated carbocycles. The predicted octanol–water partition coefficient (Wildman–Crippen LogP) is 2.90. The number of benzene rings is 1. The number of aromatic nitrogens is 1. The quantitative estimate of drug-likeness (QED) is 0.798. The predicted molar refractivity (Wildman–Crippen MR) is 86.8 cm³/mol. The lowest BCUT2D eigenvalue weighted by Crippen LogP contribution is -2.32. The molecule has 1 heterocycles. The van der Waals surface area contributed by atoms with Gasteiger partial charge in [-0.2, -0.15) is 0 Å². The summed E-state index contributed by atoms with van der Waals surface area (Å²) in [7, 11) is 0. The molecule has 1 aromatic heterocycles. The van der Waals surface area contributed by atoms with E-state index in [0.717, 1.165) is 18.4 Å². The maximum Gasteiger partial charge on any atom is 0.340 e. The fraction of sp³-hybridized carbons (Fsp3) is 0.278. The van der Waals surface area contributed by atoms with E-state index in [-0.39, 0.29) is 18.6 Å². The van der Waals surface area contributed by atoms with E-state index >= 15 is 0 Å². The minimum absolute atomic E-state index is 0.0780. The van der Waals surface area contributed by atoms with E-state index in [0.29, 0.717) is 5.56 Å². The van der Waals surface area contributed by atoms with Crippen LogP contribution in [0.25, 0.3) is 0 Å². The normalized spacial score (nSPS) is 11.5. The van der Waals surface area contributed by atoms with Gasteiger partial charge in [0.25, 0.3) is 5.91 Å². The molecule has 0 radical (unpaired) electrons. The molecule has 0 aliphatic rings. The number of hydrogen-bond donors (Lipinski definition) is 1. The van der Waals surface area contributed by atoms with Crippen molar-refractivity contribution < 1.29 is 14.3 Å². The van der Waals surface area contributed by atoms with Crippen molar-refractivity contribution in [2.75, 3.05) is 6.61 Å². The van der Waals surface area contributed by atoms with Crippen molar-refractivity contribution in [2.45, 2.75) is 25.8 Å². The van der Waals surface area contributed by atoms with Gasteiger partial charge in [0.15, 0.2) is 6.61 Å². The summed E-state index contributed by atoms with van der Waals surface area (Å²) < 4.78 is 5.01. The summed E-state index contributed by atoms with van der Waals surface area (Å²) in [6, 6.07) is 12.9. The lowest BCUT2D eigenvalue weighted by molar-refractivity contribution is -0.125. The van der Waals surface area contributed by atoms with Crippen LogP contribution in [-0.4, -0.2) is 23.5 Å². The minimum Gasteiger partial charge on any atom is -0.452 e. The van der Waals surface area contributed by atoms with Crippen LogP contribution >= 0.6 is 0 Å². The third kappa shape index (κ3) is 5.21. The summed E-state index contributed by atoms with van der Waals surface area (Å²) in [5, 5.41) is 2.91. The van der Waals surface area contributed by atoms with Crippen LogP contribution < -0.4 is 5.32 Å². The van der Waals surface area contributed by atoms with Crippen molar-refractivity contribution in [3.63, 3.8) is 0 Å². The van der Waals surface area contributed by atoms with Crippen LogP contribution in [-0.2, 0) is 9.53 Å². The Labute approximate surface area is 135 Å². The second-order valence-corrected chi connectivity index (χ2v) is 5.14. The highest BCUT2D eigenvalue weighted by Gasteiger charge is 2.15. The zero-order valence-corrected chi connectivity index (χ0v) is 13.1. The Morgan fingerprint density at radius 2 is 1.96 bits per heavy atom. The average Bonchev–Trinajstić information content (AvgIpc) is 2.61. The molecular formula is C18H20N2O3. The number of nitrogens with zero attached hydrogens (tertiary/aromatic N) is 1. The summed E-state index contributed by atoms with van der Waals surface area (Å²) in [5.41, 5.74) is 1.37. The van der Waals surface area contributed by atoms with Gasteiger partial charge in [-0.05, 0) is 24.1 Å². The van der Waals surface area contributed by atoms with Crippen LogP contribution in [0.2, 0.25) is 0 Å². The summed E-state index contributed by atoms with van der Waals surface area (Å²) in [6.45, 7) is 1.76. The lowest BCUT2D eigenvalue weighted by Gasteiger charge is -2.18. The Kier molecular flexibility index (Phi) is 6.29. The van der Waals surface area contributed by atoms with Gasteiger partial charge >= 0.3 is 5.97 Å². The fourth-order valence-corrected chi connectivity index (χ4v) is 2.23. The molecule has 0 saturated heterocycles. The second-order valence-electron chi connectivity index (χ2n) is 5.14. The summed E-state index contributed by atoms with van der Waals surface area (Å²) in [5.74, 6) is -0.871. The number of carbonyl (C=O) groups is 2. The Bertz CT molecular complexity index is 629. The fourth-order valence-electron chi connectivity index (χ4n) is 2.23. The van der Waals surface area contributed by atoms with Gasteiger partial charge in [-0.1, -0.05) is 43.7 Å². The molecule has 2 aromatic rings. The Balaban J connectivity index is 1.88. The number of esters is 1. The van der Waals surface area contributed by atoms with Crippen LogP contribution in [0.4, 0.5) is 0 Å². The number of carbonyl (C=O) groups excluding carboxylic acids is 2. The first kappa shape index (κ1) is 16.7. The van der Waals surface area contributed by atoms with Crippen molar-refractivity contribution >= 4 is 11.9 Å². The molecule has 1 N–H and O–H groups in total. The Morgan fingerprint density at radius 1 is 1.17 bits per heavy atom. The molecular weight excluding hydrogens is 292 g/mol. The summed E-state index contributed by atoms with van der Waals surface area (Å²) >= 11 is 0. The second kappa shape index (κ2) is 8.68. The number of hydrogen-bond acceptors (Lipinski definition) is 4. The van der Waals surface area contributed by atoms with Gasteiger partial charge in [-0.25, -0.2) is 4.79 Å². The standard InChI is InChI=1S/C18H20N2O3/c1-2-7-16(14-8-4-3-5-9-14)20-17(21)13-23-18(22)15-10-6-11-19-12-15/h3-6,8-12,16H,2,7,13H2,1H3,(H,20,21)/t16-/m1/s1. The first-order valence-electron chi connectivity index (χ1n) is 7.62. The van der Waals surface area contributed by atoms with Gasteiger partial charge in [0.1, 0.15) is 0 Å². The smallest absolute Gasteiger partial charge is 0.340 e. The number of amides is 1. The molecule has 5 nitrogen and oxygen atoms in total. The van der Waals surface area contributed by atoms with Gasteiger partial charge in [0, 0.05) is 12.4 Å². The number of pyridine rings is 1. The molecule has 1 atom stereocenters. The third-order valence-corrected chi connectivity index (χ3v) is 3.35. The average molecular weight is 312 g/mol. The molecule has 0 unspecified atom stereocenters. The van der Waals surface area contributed by atoms with E-state index < -0.39 is 5.97 Å². The van der Waals surface area contributed by atoms with Crippen LogP contribution in [0.1, 0.15) is 41.7 Å². The largest absolute Gasteiger partial charge is 0.452 e. The third-order valence-electron chi connectivity index (χ3n) is 3.35. The van der Waals surface area contributed by atoms with Crippen molar-refractivity contribution in [2.24, 2.45) is 0 Å². The highest BCUT2D eigenvalue weighted by atomic mass is 16.5. The highest BCUT2D eigenvalue weighted by molar-refractivity contribution is 5.90. The zero-order chi connectivity index (χ0) is 16.5. The summed E-state index contributed by atoms with van der Waals surface area (Å²) in [4.78, 5) is 27.7. The number of rotatable bonds is 7. The van der Waals surface area contributed by atoms with Gasteiger partial charge in [-0.3, -0.25) is 9.78 Å². The maximum absolute atomic E-state index is 12.0. The zero-order valence-electron chi connectivity index (χ0n) is 13.1. The van der Waals surface area contributed by atoms with E-state index in [1.807, 2.05) is 30.3 Å². The maximum atomic E-state index is 12.0. The molecule has 0 aliphatic carbocycles. The van der Waals surface area contributed by atoms with Crippen LogP contribution in [0, 0.1) is 0 Å². The molecule has 0 spiro atoms. The van der Waals surface area contributed by atoms with E-state index in [1.54, 1.807) is 18.3 Å². The molecule has 1 amide bonds. The first-order chi connectivity index (χ1) is 11.2. The molecule has 0 aliphatic heterocycles. The molecule has 2 rings (SSSR count). The number of ether oxygens (including phenoxy) is 1. The molecule has 5 heteroatoms. The molecule has 120 valence electrons. The molecule has 1 aromatic carbocycles. The van der Waals surface area contributed by atoms with Crippen molar-refractivity contribution in [3.05, 3.63) is 66.0 Å². The van der Waals surface area contributed by atoms with Crippen LogP contribution in [0.5, 0.6) is 0 Å². The highest BCUT2D eigenvalue weighted by Crippen LogP contribution is 2.17. The van der Waals surface area contributed by atoms with E-state index in [2.05, 4.69) is 17.2 Å². The van der Waals surface area contributed by atoms with E-state index in [9.17, 15) is 9.59 Å². The van der Waals surface area contributed by atoms with Crippen LogP contribution in [0.3, 0.4) is 0 Å². The van der Waals surface area contributed by atoms with Gasteiger partial charge < -0.3 is 10.1 Å². The molecule has 0 bridgehead atoms. The Hall–Kier alpha value is -2.69. The summed E-state index contributed by atoms with van der Waals surface area (Å²) in [6.07, 6.45) is 4.74. The van der Waals surface area contributed by atoms with Crippen molar-refractivity contribution in [1.29, 1.82) is 0 Å². The monoisotopic (exact) mass is 312 g/mol.